The first kappa shape index (κ1) is 17.8. The van der Waals surface area contributed by atoms with Gasteiger partial charge in [0, 0.05) is 12.6 Å². The van der Waals surface area contributed by atoms with Crippen LogP contribution in [0.25, 0.3) is 10.2 Å². The van der Waals surface area contributed by atoms with Gasteiger partial charge in [0.1, 0.15) is 6.54 Å². The average molecular weight is 394 g/mol. The fraction of sp³-hybridized carbons (Fsp3) is 0.105. The van der Waals surface area contributed by atoms with Crippen molar-refractivity contribution in [2.45, 2.75) is 6.92 Å². The highest BCUT2D eigenvalue weighted by Crippen LogP contribution is 2.28. The molecule has 28 heavy (non-hydrogen) atoms. The molecule has 0 saturated carbocycles. The molecule has 0 fully saturated rings. The number of nitrogens with zero attached hydrogens (tertiary/aromatic N) is 2. The highest BCUT2D eigenvalue weighted by atomic mass is 32.1. The molecule has 2 N–H and O–H groups in total. The molecule has 8 nitrogen and oxygen atoms in total. The first-order valence-electron chi connectivity index (χ1n) is 8.35. The van der Waals surface area contributed by atoms with Crippen LogP contribution >= 0.6 is 11.3 Å². The summed E-state index contributed by atoms with van der Waals surface area (Å²) >= 11 is 1.28. The summed E-state index contributed by atoms with van der Waals surface area (Å²) in [5, 5.41) is 5.78. The van der Waals surface area contributed by atoms with Gasteiger partial charge in [-0.1, -0.05) is 23.5 Å². The Morgan fingerprint density at radius 2 is 1.71 bits per heavy atom. The summed E-state index contributed by atoms with van der Waals surface area (Å²) in [6.45, 7) is 1.03. The lowest BCUT2D eigenvalue weighted by Crippen LogP contribution is -2.37. The number of fused-ring (bicyclic) bond motifs is 2. The molecule has 3 aromatic rings. The van der Waals surface area contributed by atoms with Crippen LogP contribution in [0, 0.1) is 0 Å². The van der Waals surface area contributed by atoms with Crippen LogP contribution in [0.3, 0.4) is 0 Å². The lowest BCUT2D eigenvalue weighted by Gasteiger charge is -2.13. The number of aromatic nitrogens is 1. The van der Waals surface area contributed by atoms with E-state index < -0.39 is 17.7 Å². The van der Waals surface area contributed by atoms with E-state index in [9.17, 15) is 19.2 Å². The van der Waals surface area contributed by atoms with Gasteiger partial charge in [-0.25, -0.2) is 4.98 Å². The zero-order valence-corrected chi connectivity index (χ0v) is 15.5. The van der Waals surface area contributed by atoms with E-state index in [0.29, 0.717) is 27.5 Å². The van der Waals surface area contributed by atoms with Crippen molar-refractivity contribution in [3.05, 3.63) is 53.6 Å². The van der Waals surface area contributed by atoms with E-state index in [4.69, 9.17) is 0 Å². The smallest absolute Gasteiger partial charge is 0.262 e. The summed E-state index contributed by atoms with van der Waals surface area (Å²) < 4.78 is 0.780. The van der Waals surface area contributed by atoms with Crippen LogP contribution in [-0.2, 0) is 9.59 Å². The van der Waals surface area contributed by atoms with Crippen molar-refractivity contribution in [1.82, 2.24) is 9.88 Å². The van der Waals surface area contributed by atoms with Gasteiger partial charge in [-0.3, -0.25) is 24.1 Å². The molecule has 1 aliphatic rings. The molecule has 2 aromatic carbocycles. The Morgan fingerprint density at radius 1 is 1.04 bits per heavy atom. The van der Waals surface area contributed by atoms with Gasteiger partial charge in [0.2, 0.25) is 11.8 Å². The van der Waals surface area contributed by atoms with Crippen molar-refractivity contribution in [3.8, 4) is 0 Å². The molecule has 0 bridgehead atoms. The van der Waals surface area contributed by atoms with E-state index in [-0.39, 0.29) is 12.5 Å². The SMILES string of the molecule is CC(=O)Nc1nc2ccc(NC(=O)CN3C(=O)c4ccccc4C3=O)cc2s1. The molecule has 0 aliphatic carbocycles. The van der Waals surface area contributed by atoms with Crippen molar-refractivity contribution in [3.63, 3.8) is 0 Å². The van der Waals surface area contributed by atoms with Crippen molar-refractivity contribution < 1.29 is 19.2 Å². The third-order valence-electron chi connectivity index (χ3n) is 4.14. The zero-order valence-electron chi connectivity index (χ0n) is 14.7. The molecule has 9 heteroatoms. The average Bonchev–Trinajstić information content (AvgIpc) is 3.15. The van der Waals surface area contributed by atoms with Crippen molar-refractivity contribution in [2.75, 3.05) is 17.2 Å². The van der Waals surface area contributed by atoms with E-state index in [2.05, 4.69) is 15.6 Å². The minimum atomic E-state index is -0.486. The van der Waals surface area contributed by atoms with Crippen molar-refractivity contribution in [2.24, 2.45) is 0 Å². The molecular formula is C19H14N4O4S. The Kier molecular flexibility index (Phi) is 4.36. The molecule has 0 unspecified atom stereocenters. The maximum atomic E-state index is 12.4. The second-order valence-electron chi connectivity index (χ2n) is 6.17. The number of benzene rings is 2. The van der Waals surface area contributed by atoms with Crippen molar-refractivity contribution in [1.29, 1.82) is 0 Å². The quantitative estimate of drug-likeness (QED) is 0.661. The Labute approximate surface area is 163 Å². The van der Waals surface area contributed by atoms with Crippen LogP contribution in [0.2, 0.25) is 0 Å². The third kappa shape index (κ3) is 3.23. The summed E-state index contributed by atoms with van der Waals surface area (Å²) in [7, 11) is 0. The Hall–Kier alpha value is -3.59. The standard InChI is InChI=1S/C19H14N4O4S/c1-10(24)20-19-22-14-7-6-11(8-15(14)28-19)21-16(25)9-23-17(26)12-4-2-3-5-13(12)18(23)27/h2-8H,9H2,1H3,(H,21,25)(H,20,22,24). The van der Waals surface area contributed by atoms with Crippen molar-refractivity contribution >= 4 is 56.0 Å². The van der Waals surface area contributed by atoms with Crippen LogP contribution in [0.5, 0.6) is 0 Å². The van der Waals surface area contributed by atoms with Gasteiger partial charge >= 0.3 is 0 Å². The van der Waals surface area contributed by atoms with Crippen LogP contribution in [0.15, 0.2) is 42.5 Å². The molecule has 1 aliphatic heterocycles. The highest BCUT2D eigenvalue weighted by molar-refractivity contribution is 7.22. The van der Waals surface area contributed by atoms with Gasteiger partial charge in [-0.05, 0) is 30.3 Å². The number of amides is 4. The van der Waals surface area contributed by atoms with Crippen LogP contribution < -0.4 is 10.6 Å². The maximum Gasteiger partial charge on any atom is 0.262 e. The highest BCUT2D eigenvalue weighted by Gasteiger charge is 2.36. The topological polar surface area (TPSA) is 108 Å². The van der Waals surface area contributed by atoms with Gasteiger partial charge in [0.25, 0.3) is 11.8 Å². The second-order valence-corrected chi connectivity index (χ2v) is 7.20. The first-order chi connectivity index (χ1) is 13.4. The zero-order chi connectivity index (χ0) is 19.8. The number of thiazole rings is 1. The van der Waals surface area contributed by atoms with Gasteiger partial charge < -0.3 is 10.6 Å². The largest absolute Gasteiger partial charge is 0.324 e. The monoisotopic (exact) mass is 394 g/mol. The number of carbonyl (C=O) groups is 4. The number of hydrogen-bond donors (Lipinski definition) is 2. The van der Waals surface area contributed by atoms with E-state index in [1.165, 1.54) is 18.3 Å². The van der Waals surface area contributed by atoms with Gasteiger partial charge in [0.15, 0.2) is 5.13 Å². The Bertz CT molecular complexity index is 1120. The summed E-state index contributed by atoms with van der Waals surface area (Å²) in [6.07, 6.45) is 0. The predicted molar refractivity (Wildman–Crippen MR) is 104 cm³/mol. The molecule has 140 valence electrons. The van der Waals surface area contributed by atoms with Gasteiger partial charge in [-0.15, -0.1) is 0 Å². The Morgan fingerprint density at radius 3 is 2.36 bits per heavy atom. The van der Waals surface area contributed by atoms with Crippen LogP contribution in [-0.4, -0.2) is 40.1 Å². The second kappa shape index (κ2) is 6.86. The minimum absolute atomic E-state index is 0.214. The molecule has 2 heterocycles. The molecule has 1 aromatic heterocycles. The number of anilines is 2. The minimum Gasteiger partial charge on any atom is -0.324 e. The number of imide groups is 1. The number of rotatable bonds is 4. The Balaban J connectivity index is 1.47. The maximum absolute atomic E-state index is 12.4. The normalized spacial score (nSPS) is 13.0. The van der Waals surface area contributed by atoms with E-state index in [0.717, 1.165) is 9.60 Å². The predicted octanol–water partition coefficient (Wildman–Crippen LogP) is 2.49. The molecule has 0 radical (unpaired) electrons. The first-order valence-corrected chi connectivity index (χ1v) is 9.17. The summed E-state index contributed by atoms with van der Waals surface area (Å²) in [5.74, 6) is -1.66. The summed E-state index contributed by atoms with van der Waals surface area (Å²) in [5.41, 5.74) is 1.80. The molecular weight excluding hydrogens is 380 g/mol. The number of hydrogen-bond acceptors (Lipinski definition) is 6. The van der Waals surface area contributed by atoms with Gasteiger partial charge in [0.05, 0.1) is 21.3 Å². The summed E-state index contributed by atoms with van der Waals surface area (Å²) in [4.78, 5) is 53.4. The molecule has 0 saturated heterocycles. The molecule has 4 rings (SSSR count). The van der Waals surface area contributed by atoms with Crippen LogP contribution in [0.4, 0.5) is 10.8 Å². The fourth-order valence-electron chi connectivity index (χ4n) is 2.93. The molecule has 0 atom stereocenters. The van der Waals surface area contributed by atoms with E-state index in [1.807, 2.05) is 0 Å². The number of carbonyl (C=O) groups excluding carboxylic acids is 4. The van der Waals surface area contributed by atoms with E-state index >= 15 is 0 Å². The van der Waals surface area contributed by atoms with Gasteiger partial charge in [-0.2, -0.15) is 0 Å². The van der Waals surface area contributed by atoms with Crippen LogP contribution in [0.1, 0.15) is 27.6 Å². The van der Waals surface area contributed by atoms with E-state index in [1.54, 1.807) is 42.5 Å². The number of nitrogens with one attached hydrogen (secondary N) is 2. The third-order valence-corrected chi connectivity index (χ3v) is 5.07. The lowest BCUT2D eigenvalue weighted by atomic mass is 10.1. The lowest BCUT2D eigenvalue weighted by molar-refractivity contribution is -0.116. The fourth-order valence-corrected chi connectivity index (χ4v) is 3.88. The molecule has 0 spiro atoms. The summed E-state index contributed by atoms with van der Waals surface area (Å²) in [6, 6.07) is 11.6. The molecule has 4 amide bonds.